The quantitative estimate of drug-likeness (QED) is 0.920. The maximum Gasteiger partial charge on any atom is 0.323 e. The van der Waals surface area contributed by atoms with E-state index in [1.54, 1.807) is 23.1 Å². The van der Waals surface area contributed by atoms with Gasteiger partial charge in [-0.1, -0.05) is 15.9 Å². The molecule has 1 aromatic rings. The zero-order valence-corrected chi connectivity index (χ0v) is 10.4. The average molecular weight is 283 g/mol. The number of nitriles is 1. The standard InChI is InChI=1S/C11H11BrN2O2/c1-2-14(7-11(15)16)10-4-3-9(12)5-8(10)6-13/h3-5H,2,7H2,1H3,(H,15,16). The van der Waals surface area contributed by atoms with E-state index < -0.39 is 5.97 Å². The lowest BCUT2D eigenvalue weighted by atomic mass is 10.1. The van der Waals surface area contributed by atoms with Crippen LogP contribution in [-0.2, 0) is 4.79 Å². The van der Waals surface area contributed by atoms with Gasteiger partial charge >= 0.3 is 5.97 Å². The molecule has 0 fully saturated rings. The lowest BCUT2D eigenvalue weighted by molar-refractivity contribution is -0.135. The van der Waals surface area contributed by atoms with Crippen LogP contribution in [0.1, 0.15) is 12.5 Å². The molecule has 5 heteroatoms. The second kappa shape index (κ2) is 5.52. The van der Waals surface area contributed by atoms with E-state index in [0.717, 1.165) is 4.47 Å². The van der Waals surface area contributed by atoms with Gasteiger partial charge in [-0.2, -0.15) is 5.26 Å². The number of halogens is 1. The van der Waals surface area contributed by atoms with Gasteiger partial charge in [0.15, 0.2) is 0 Å². The zero-order valence-electron chi connectivity index (χ0n) is 8.77. The molecule has 0 saturated carbocycles. The molecule has 0 aliphatic rings. The van der Waals surface area contributed by atoms with Crippen molar-refractivity contribution in [3.63, 3.8) is 0 Å². The first-order valence-electron chi connectivity index (χ1n) is 4.75. The number of nitrogens with zero attached hydrogens (tertiary/aromatic N) is 2. The van der Waals surface area contributed by atoms with Gasteiger partial charge in [0.25, 0.3) is 0 Å². The van der Waals surface area contributed by atoms with Crippen LogP contribution in [-0.4, -0.2) is 24.2 Å². The van der Waals surface area contributed by atoms with Crippen molar-refractivity contribution in [1.82, 2.24) is 0 Å². The molecule has 84 valence electrons. The SMILES string of the molecule is CCN(CC(=O)O)c1ccc(Br)cc1C#N. The van der Waals surface area contributed by atoms with Crippen molar-refractivity contribution in [3.8, 4) is 6.07 Å². The smallest absolute Gasteiger partial charge is 0.323 e. The molecule has 0 aromatic heterocycles. The summed E-state index contributed by atoms with van der Waals surface area (Å²) in [5, 5.41) is 17.7. The summed E-state index contributed by atoms with van der Waals surface area (Å²) in [6, 6.07) is 7.28. The van der Waals surface area contributed by atoms with Crippen LogP contribution in [0.5, 0.6) is 0 Å². The number of carboxylic acid groups (broad SMARTS) is 1. The summed E-state index contributed by atoms with van der Waals surface area (Å²) >= 11 is 3.27. The van der Waals surface area contributed by atoms with Crippen LogP contribution in [0.15, 0.2) is 22.7 Å². The molecule has 0 saturated heterocycles. The third-order valence-electron chi connectivity index (χ3n) is 2.13. The highest BCUT2D eigenvalue weighted by atomic mass is 79.9. The number of aliphatic carboxylic acids is 1. The molecule has 4 nitrogen and oxygen atoms in total. The Bertz CT molecular complexity index is 440. The molecule has 0 heterocycles. The first kappa shape index (κ1) is 12.5. The Hall–Kier alpha value is -1.54. The van der Waals surface area contributed by atoms with Gasteiger partial charge in [0.1, 0.15) is 12.6 Å². The fourth-order valence-electron chi connectivity index (χ4n) is 1.40. The van der Waals surface area contributed by atoms with Crippen molar-refractivity contribution in [2.75, 3.05) is 18.0 Å². The van der Waals surface area contributed by atoms with Crippen molar-refractivity contribution < 1.29 is 9.90 Å². The van der Waals surface area contributed by atoms with E-state index >= 15 is 0 Å². The van der Waals surface area contributed by atoms with Gasteiger partial charge < -0.3 is 10.0 Å². The molecule has 0 aliphatic heterocycles. The third kappa shape index (κ3) is 2.97. The van der Waals surface area contributed by atoms with Gasteiger partial charge in [-0.05, 0) is 25.1 Å². The Balaban J connectivity index is 3.10. The number of rotatable bonds is 4. The summed E-state index contributed by atoms with van der Waals surface area (Å²) in [6.45, 7) is 2.29. The van der Waals surface area contributed by atoms with Crippen molar-refractivity contribution in [2.45, 2.75) is 6.92 Å². The van der Waals surface area contributed by atoms with Crippen LogP contribution in [0.25, 0.3) is 0 Å². The minimum absolute atomic E-state index is 0.104. The largest absolute Gasteiger partial charge is 0.480 e. The zero-order chi connectivity index (χ0) is 12.1. The van der Waals surface area contributed by atoms with E-state index in [9.17, 15) is 4.79 Å². The second-order valence-corrected chi connectivity index (χ2v) is 4.10. The Morgan fingerprint density at radius 1 is 1.62 bits per heavy atom. The third-order valence-corrected chi connectivity index (χ3v) is 2.62. The van der Waals surface area contributed by atoms with Crippen LogP contribution in [0.2, 0.25) is 0 Å². The number of likely N-dealkylation sites (N-methyl/N-ethyl adjacent to an activating group) is 1. The van der Waals surface area contributed by atoms with Gasteiger partial charge in [0.05, 0.1) is 11.3 Å². The number of benzene rings is 1. The first-order valence-corrected chi connectivity index (χ1v) is 5.54. The van der Waals surface area contributed by atoms with Gasteiger partial charge in [-0.3, -0.25) is 4.79 Å². The fourth-order valence-corrected chi connectivity index (χ4v) is 1.77. The van der Waals surface area contributed by atoms with Gasteiger partial charge in [0, 0.05) is 11.0 Å². The number of carbonyl (C=O) groups is 1. The number of carboxylic acids is 1. The van der Waals surface area contributed by atoms with E-state index in [1.165, 1.54) is 0 Å². The monoisotopic (exact) mass is 282 g/mol. The molecule has 1 rings (SSSR count). The highest BCUT2D eigenvalue weighted by Crippen LogP contribution is 2.23. The van der Waals surface area contributed by atoms with Crippen LogP contribution in [0.4, 0.5) is 5.69 Å². The van der Waals surface area contributed by atoms with Crippen molar-refractivity contribution in [2.24, 2.45) is 0 Å². The van der Waals surface area contributed by atoms with Gasteiger partial charge in [-0.25, -0.2) is 0 Å². The molecule has 0 bridgehead atoms. The molecule has 0 radical (unpaired) electrons. The number of anilines is 1. The summed E-state index contributed by atoms with van der Waals surface area (Å²) in [6.07, 6.45) is 0. The fraction of sp³-hybridized carbons (Fsp3) is 0.273. The molecule has 0 unspecified atom stereocenters. The number of hydrogen-bond acceptors (Lipinski definition) is 3. The van der Waals surface area contributed by atoms with Crippen LogP contribution < -0.4 is 4.90 Å². The molecule has 0 aliphatic carbocycles. The molecular weight excluding hydrogens is 272 g/mol. The molecule has 0 spiro atoms. The van der Waals surface area contributed by atoms with Crippen molar-refractivity contribution >= 4 is 27.6 Å². The van der Waals surface area contributed by atoms with Crippen molar-refractivity contribution in [3.05, 3.63) is 28.2 Å². The summed E-state index contributed by atoms with van der Waals surface area (Å²) in [7, 11) is 0. The van der Waals surface area contributed by atoms with Crippen molar-refractivity contribution in [1.29, 1.82) is 5.26 Å². The minimum atomic E-state index is -0.909. The van der Waals surface area contributed by atoms with E-state index in [1.807, 2.05) is 6.92 Å². The molecular formula is C11H11BrN2O2. The predicted octanol–water partition coefficient (Wildman–Crippen LogP) is 2.23. The summed E-state index contributed by atoms with van der Waals surface area (Å²) < 4.78 is 0.805. The summed E-state index contributed by atoms with van der Waals surface area (Å²) in [4.78, 5) is 12.3. The van der Waals surface area contributed by atoms with Crippen LogP contribution in [0, 0.1) is 11.3 Å². The summed E-state index contributed by atoms with van der Waals surface area (Å²) in [5.74, 6) is -0.909. The van der Waals surface area contributed by atoms with E-state index in [2.05, 4.69) is 22.0 Å². The first-order chi connectivity index (χ1) is 7.58. The van der Waals surface area contributed by atoms with Crippen LogP contribution >= 0.6 is 15.9 Å². The topological polar surface area (TPSA) is 64.3 Å². The molecule has 16 heavy (non-hydrogen) atoms. The Labute approximate surface area is 102 Å². The van der Waals surface area contributed by atoms with Crippen LogP contribution in [0.3, 0.4) is 0 Å². The second-order valence-electron chi connectivity index (χ2n) is 3.18. The van der Waals surface area contributed by atoms with Gasteiger partial charge in [-0.15, -0.1) is 0 Å². The average Bonchev–Trinajstić information content (AvgIpc) is 2.25. The maximum absolute atomic E-state index is 10.7. The highest BCUT2D eigenvalue weighted by molar-refractivity contribution is 9.10. The van der Waals surface area contributed by atoms with Gasteiger partial charge in [0.2, 0.25) is 0 Å². The molecule has 1 N–H and O–H groups in total. The normalized spacial score (nSPS) is 9.56. The highest BCUT2D eigenvalue weighted by Gasteiger charge is 2.12. The predicted molar refractivity (Wildman–Crippen MR) is 64.4 cm³/mol. The van der Waals surface area contributed by atoms with E-state index in [-0.39, 0.29) is 6.54 Å². The summed E-state index contributed by atoms with van der Waals surface area (Å²) in [5.41, 5.74) is 1.12. The Morgan fingerprint density at radius 3 is 2.81 bits per heavy atom. The van der Waals surface area contributed by atoms with E-state index in [4.69, 9.17) is 10.4 Å². The maximum atomic E-state index is 10.7. The number of hydrogen-bond donors (Lipinski definition) is 1. The Morgan fingerprint density at radius 2 is 2.31 bits per heavy atom. The van der Waals surface area contributed by atoms with E-state index in [0.29, 0.717) is 17.8 Å². The lowest BCUT2D eigenvalue weighted by Crippen LogP contribution is -2.29. The molecule has 0 amide bonds. The molecule has 0 atom stereocenters. The molecule has 1 aromatic carbocycles. The minimum Gasteiger partial charge on any atom is -0.480 e. The lowest BCUT2D eigenvalue weighted by Gasteiger charge is -2.21. The Kier molecular flexibility index (Phi) is 4.32.